The van der Waals surface area contributed by atoms with E-state index in [1.54, 1.807) is 12.1 Å². The van der Waals surface area contributed by atoms with Crippen LogP contribution in [0.25, 0.3) is 0 Å². The molecule has 0 radical (unpaired) electrons. The van der Waals surface area contributed by atoms with Gasteiger partial charge in [0.15, 0.2) is 5.82 Å². The summed E-state index contributed by atoms with van der Waals surface area (Å²) in [5.74, 6) is 0.710. The number of anilines is 2. The van der Waals surface area contributed by atoms with Crippen LogP contribution in [0.5, 0.6) is 0 Å². The highest BCUT2D eigenvalue weighted by atomic mass is 35.5. The van der Waals surface area contributed by atoms with Crippen molar-refractivity contribution in [2.45, 2.75) is 36.9 Å². The van der Waals surface area contributed by atoms with Gasteiger partial charge in [-0.15, -0.1) is 0 Å². The van der Waals surface area contributed by atoms with Gasteiger partial charge >= 0.3 is 0 Å². The Bertz CT molecular complexity index is 405. The maximum Gasteiger partial charge on any atom is 0.151 e. The van der Waals surface area contributed by atoms with Crippen molar-refractivity contribution in [3.8, 4) is 0 Å². The summed E-state index contributed by atoms with van der Waals surface area (Å²) >= 11 is 7.85. The topological polar surface area (TPSA) is 50.9 Å². The third-order valence-electron chi connectivity index (χ3n) is 3.67. The average Bonchev–Trinajstić information content (AvgIpc) is 2.41. The fraction of sp³-hybridized carbons (Fsp3) is 0.615. The van der Waals surface area contributed by atoms with Crippen LogP contribution >= 0.6 is 23.4 Å². The molecule has 100 valence electrons. The van der Waals surface area contributed by atoms with Crippen LogP contribution in [0.15, 0.2) is 12.1 Å². The van der Waals surface area contributed by atoms with E-state index in [4.69, 9.17) is 17.3 Å². The number of hydrogen-bond acceptors (Lipinski definition) is 4. The maximum absolute atomic E-state index is 5.90. The monoisotopic (exact) mass is 285 g/mol. The zero-order chi connectivity index (χ0) is 13.0. The molecule has 3 nitrogen and oxygen atoms in total. The molecule has 5 heteroatoms. The zero-order valence-corrected chi connectivity index (χ0v) is 12.3. The molecule has 18 heavy (non-hydrogen) atoms. The van der Waals surface area contributed by atoms with Crippen molar-refractivity contribution in [1.82, 2.24) is 4.98 Å². The summed E-state index contributed by atoms with van der Waals surface area (Å²) in [6.07, 6.45) is 8.73. The van der Waals surface area contributed by atoms with Gasteiger partial charge in [0.25, 0.3) is 0 Å². The number of nitrogens with one attached hydrogen (secondary N) is 1. The molecule has 1 heterocycles. The Morgan fingerprint density at radius 3 is 2.78 bits per heavy atom. The maximum atomic E-state index is 5.90. The van der Waals surface area contributed by atoms with Gasteiger partial charge in [0, 0.05) is 11.3 Å². The van der Waals surface area contributed by atoms with E-state index in [-0.39, 0.29) is 0 Å². The van der Waals surface area contributed by atoms with Gasteiger partial charge in [-0.05, 0) is 31.2 Å². The lowest BCUT2D eigenvalue weighted by molar-refractivity contribution is 0.411. The molecular formula is C13H20ClN3S. The van der Waals surface area contributed by atoms with E-state index in [9.17, 15) is 0 Å². The highest BCUT2D eigenvalue weighted by Crippen LogP contribution is 2.38. The van der Waals surface area contributed by atoms with Crippen LogP contribution in [0.1, 0.15) is 32.1 Å². The largest absolute Gasteiger partial charge is 0.396 e. The van der Waals surface area contributed by atoms with E-state index in [0.29, 0.717) is 21.4 Å². The number of hydrogen-bond donors (Lipinski definition) is 2. The standard InChI is InChI=1S/C13H20ClN3S/c1-18-13(7-3-2-4-8-13)9-16-12-10(15)5-6-11(14)17-12/h5-6H,2-4,7-9,15H2,1H3,(H,16,17). The number of nitrogens with zero attached hydrogens (tertiary/aromatic N) is 1. The van der Waals surface area contributed by atoms with Crippen molar-refractivity contribution < 1.29 is 0 Å². The second-order valence-electron chi connectivity index (χ2n) is 4.87. The lowest BCUT2D eigenvalue weighted by Gasteiger charge is -2.36. The van der Waals surface area contributed by atoms with Crippen molar-refractivity contribution in [1.29, 1.82) is 0 Å². The summed E-state index contributed by atoms with van der Waals surface area (Å²) < 4.78 is 0.328. The lowest BCUT2D eigenvalue weighted by atomic mass is 9.88. The SMILES string of the molecule is CSC1(CNc2nc(Cl)ccc2N)CCCCC1. The third kappa shape index (κ3) is 3.23. The third-order valence-corrected chi connectivity index (χ3v) is 5.30. The molecule has 1 saturated carbocycles. The molecule has 0 atom stereocenters. The van der Waals surface area contributed by atoms with Gasteiger partial charge in [0.05, 0.1) is 5.69 Å². The average molecular weight is 286 g/mol. The number of pyridine rings is 1. The Hall–Kier alpha value is -0.610. The van der Waals surface area contributed by atoms with E-state index in [1.165, 1.54) is 32.1 Å². The minimum Gasteiger partial charge on any atom is -0.396 e. The van der Waals surface area contributed by atoms with Crippen molar-refractivity contribution in [3.05, 3.63) is 17.3 Å². The molecular weight excluding hydrogens is 266 g/mol. The molecule has 0 bridgehead atoms. The van der Waals surface area contributed by atoms with Crippen molar-refractivity contribution in [3.63, 3.8) is 0 Å². The molecule has 0 saturated heterocycles. The van der Waals surface area contributed by atoms with E-state index in [0.717, 1.165) is 6.54 Å². The molecule has 1 aromatic rings. The van der Waals surface area contributed by atoms with Crippen LogP contribution in [0.4, 0.5) is 11.5 Å². The first kappa shape index (κ1) is 13.8. The first-order chi connectivity index (χ1) is 8.65. The van der Waals surface area contributed by atoms with E-state index >= 15 is 0 Å². The summed E-state index contributed by atoms with van der Waals surface area (Å²) in [5.41, 5.74) is 6.56. The minimum atomic E-state index is 0.328. The fourth-order valence-electron chi connectivity index (χ4n) is 2.48. The number of aromatic nitrogens is 1. The van der Waals surface area contributed by atoms with Crippen LogP contribution in [0.3, 0.4) is 0 Å². The Labute approximate surface area is 118 Å². The molecule has 0 aromatic carbocycles. The van der Waals surface area contributed by atoms with Crippen LogP contribution < -0.4 is 11.1 Å². The fourth-order valence-corrected chi connectivity index (χ4v) is 3.54. The molecule has 1 aliphatic carbocycles. The molecule has 0 amide bonds. The van der Waals surface area contributed by atoms with Gasteiger partial charge in [-0.25, -0.2) is 4.98 Å². The number of rotatable bonds is 4. The quantitative estimate of drug-likeness (QED) is 0.826. The number of nitrogen functional groups attached to an aromatic ring is 1. The van der Waals surface area contributed by atoms with Crippen molar-refractivity contribution >= 4 is 34.9 Å². The molecule has 0 unspecified atom stereocenters. The van der Waals surface area contributed by atoms with Crippen molar-refractivity contribution in [2.75, 3.05) is 23.9 Å². The van der Waals surface area contributed by atoms with Crippen molar-refractivity contribution in [2.24, 2.45) is 0 Å². The van der Waals surface area contributed by atoms with E-state index in [2.05, 4.69) is 16.6 Å². The van der Waals surface area contributed by atoms with Gasteiger partial charge in [-0.1, -0.05) is 30.9 Å². The molecule has 1 aliphatic rings. The second kappa shape index (κ2) is 6.02. The van der Waals surface area contributed by atoms with Gasteiger partial charge in [0.1, 0.15) is 5.15 Å². The Balaban J connectivity index is 2.03. The first-order valence-electron chi connectivity index (χ1n) is 6.36. The summed E-state index contributed by atoms with van der Waals surface area (Å²) in [5, 5.41) is 3.85. The minimum absolute atomic E-state index is 0.328. The van der Waals surface area contributed by atoms with Gasteiger partial charge in [0.2, 0.25) is 0 Å². The second-order valence-corrected chi connectivity index (χ2v) is 6.53. The predicted octanol–water partition coefficient (Wildman–Crippen LogP) is 3.80. The highest BCUT2D eigenvalue weighted by molar-refractivity contribution is 8.00. The van der Waals surface area contributed by atoms with Crippen LogP contribution in [0, 0.1) is 0 Å². The highest BCUT2D eigenvalue weighted by Gasteiger charge is 2.31. The number of halogens is 1. The Kier molecular flexibility index (Phi) is 4.62. The Morgan fingerprint density at radius 1 is 1.39 bits per heavy atom. The molecule has 1 fully saturated rings. The molecule has 0 aliphatic heterocycles. The number of nitrogens with two attached hydrogens (primary N) is 1. The molecule has 2 rings (SSSR count). The molecule has 0 spiro atoms. The zero-order valence-electron chi connectivity index (χ0n) is 10.7. The summed E-state index contributed by atoms with van der Waals surface area (Å²) in [6, 6.07) is 3.51. The van der Waals surface area contributed by atoms with Crippen LogP contribution in [-0.4, -0.2) is 22.5 Å². The molecule has 1 aromatic heterocycles. The van der Waals surface area contributed by atoms with Gasteiger partial charge < -0.3 is 11.1 Å². The van der Waals surface area contributed by atoms with Crippen LogP contribution in [-0.2, 0) is 0 Å². The lowest BCUT2D eigenvalue weighted by Crippen LogP contribution is -2.35. The van der Waals surface area contributed by atoms with E-state index < -0.39 is 0 Å². The molecule has 3 N–H and O–H groups in total. The first-order valence-corrected chi connectivity index (χ1v) is 7.96. The van der Waals surface area contributed by atoms with Crippen LogP contribution in [0.2, 0.25) is 5.15 Å². The van der Waals surface area contributed by atoms with E-state index in [1.807, 2.05) is 11.8 Å². The van der Waals surface area contributed by atoms with Gasteiger partial charge in [-0.2, -0.15) is 11.8 Å². The predicted molar refractivity (Wildman–Crippen MR) is 81.5 cm³/mol. The Morgan fingerprint density at radius 2 is 2.11 bits per heavy atom. The van der Waals surface area contributed by atoms with Gasteiger partial charge in [-0.3, -0.25) is 0 Å². The number of thioether (sulfide) groups is 1. The smallest absolute Gasteiger partial charge is 0.151 e. The normalized spacial score (nSPS) is 18.6. The summed E-state index contributed by atoms with van der Waals surface area (Å²) in [6.45, 7) is 0.908. The summed E-state index contributed by atoms with van der Waals surface area (Å²) in [7, 11) is 0. The summed E-state index contributed by atoms with van der Waals surface area (Å²) in [4.78, 5) is 4.24.